The maximum Gasteiger partial charge on any atom is 0.254 e. The SMILES string of the molecule is COCCN(Cc1c(C)nn(-c2ccccc2)c1Oc1cccc(C)c1)C(=O)c1ccccc1. The molecule has 4 rings (SSSR count). The Morgan fingerprint density at radius 1 is 0.941 bits per heavy atom. The second kappa shape index (κ2) is 10.8. The van der Waals surface area contributed by atoms with Crippen LogP contribution in [0.1, 0.15) is 27.2 Å². The standard InChI is InChI=1S/C28H29N3O3/c1-21-11-10-16-25(19-21)34-28-26(22(2)29-31(28)24-14-8-5-9-15-24)20-30(17-18-33-3)27(32)23-12-6-4-7-13-23/h4-16,19H,17-18,20H2,1-3H3. The number of ether oxygens (including phenoxy) is 2. The normalized spacial score (nSPS) is 10.8. The first-order valence-electron chi connectivity index (χ1n) is 11.3. The Labute approximate surface area is 200 Å². The van der Waals surface area contributed by atoms with Crippen molar-refractivity contribution in [3.63, 3.8) is 0 Å². The molecule has 1 amide bonds. The van der Waals surface area contributed by atoms with Gasteiger partial charge in [0.05, 0.1) is 30.1 Å². The molecule has 6 nitrogen and oxygen atoms in total. The van der Waals surface area contributed by atoms with Crippen molar-refractivity contribution in [3.05, 3.63) is 107 Å². The lowest BCUT2D eigenvalue weighted by Gasteiger charge is -2.23. The van der Waals surface area contributed by atoms with Gasteiger partial charge in [0.1, 0.15) is 5.75 Å². The van der Waals surface area contributed by atoms with E-state index >= 15 is 0 Å². The molecule has 1 heterocycles. The third-order valence-corrected chi connectivity index (χ3v) is 5.56. The molecule has 174 valence electrons. The Hall–Kier alpha value is -3.90. The van der Waals surface area contributed by atoms with Gasteiger partial charge in [-0.05, 0) is 55.8 Å². The average molecular weight is 456 g/mol. The van der Waals surface area contributed by atoms with E-state index < -0.39 is 0 Å². The highest BCUT2D eigenvalue weighted by Crippen LogP contribution is 2.32. The molecule has 0 spiro atoms. The van der Waals surface area contributed by atoms with Crippen LogP contribution < -0.4 is 4.74 Å². The molecule has 1 aromatic heterocycles. The molecular weight excluding hydrogens is 426 g/mol. The Kier molecular flexibility index (Phi) is 7.40. The third kappa shape index (κ3) is 5.35. The van der Waals surface area contributed by atoms with Crippen LogP contribution in [0.2, 0.25) is 0 Å². The molecule has 3 aromatic carbocycles. The van der Waals surface area contributed by atoms with Gasteiger partial charge in [0.2, 0.25) is 5.88 Å². The lowest BCUT2D eigenvalue weighted by Crippen LogP contribution is -2.33. The fourth-order valence-electron chi connectivity index (χ4n) is 3.77. The number of aromatic nitrogens is 2. The molecule has 0 fully saturated rings. The maximum absolute atomic E-state index is 13.4. The van der Waals surface area contributed by atoms with E-state index in [2.05, 4.69) is 0 Å². The number of carbonyl (C=O) groups excluding carboxylic acids is 1. The van der Waals surface area contributed by atoms with E-state index in [4.69, 9.17) is 14.6 Å². The fraction of sp³-hybridized carbons (Fsp3) is 0.214. The van der Waals surface area contributed by atoms with E-state index in [0.29, 0.717) is 31.1 Å². The Bertz CT molecular complexity index is 1240. The molecule has 4 aromatic rings. The molecule has 6 heteroatoms. The van der Waals surface area contributed by atoms with Crippen molar-refractivity contribution < 1.29 is 14.3 Å². The lowest BCUT2D eigenvalue weighted by atomic mass is 10.1. The molecule has 0 saturated heterocycles. The Morgan fingerprint density at radius 2 is 1.65 bits per heavy atom. The van der Waals surface area contributed by atoms with Gasteiger partial charge in [0.15, 0.2) is 0 Å². The van der Waals surface area contributed by atoms with Gasteiger partial charge in [-0.25, -0.2) is 4.68 Å². The summed E-state index contributed by atoms with van der Waals surface area (Å²) in [5.41, 5.74) is 4.27. The average Bonchev–Trinajstić information content (AvgIpc) is 3.17. The van der Waals surface area contributed by atoms with Crippen molar-refractivity contribution in [2.75, 3.05) is 20.3 Å². The highest BCUT2D eigenvalue weighted by Gasteiger charge is 2.24. The molecule has 0 N–H and O–H groups in total. The van der Waals surface area contributed by atoms with Crippen LogP contribution in [0.25, 0.3) is 5.69 Å². The van der Waals surface area contributed by atoms with Crippen LogP contribution in [-0.4, -0.2) is 40.8 Å². The molecular formula is C28H29N3O3. The first-order chi connectivity index (χ1) is 16.6. The first kappa shape index (κ1) is 23.3. The number of nitrogens with zero attached hydrogens (tertiary/aromatic N) is 3. The van der Waals surface area contributed by atoms with E-state index in [1.54, 1.807) is 16.7 Å². The molecule has 0 atom stereocenters. The van der Waals surface area contributed by atoms with Crippen molar-refractivity contribution in [2.45, 2.75) is 20.4 Å². The van der Waals surface area contributed by atoms with Crippen LogP contribution in [-0.2, 0) is 11.3 Å². The van der Waals surface area contributed by atoms with Gasteiger partial charge >= 0.3 is 0 Å². The summed E-state index contributed by atoms with van der Waals surface area (Å²) in [5.74, 6) is 1.25. The quantitative estimate of drug-likeness (QED) is 0.331. The first-order valence-corrected chi connectivity index (χ1v) is 11.3. The summed E-state index contributed by atoms with van der Waals surface area (Å²) < 4.78 is 13.5. The van der Waals surface area contributed by atoms with Gasteiger partial charge in [0, 0.05) is 19.2 Å². The van der Waals surface area contributed by atoms with E-state index in [1.165, 1.54) is 0 Å². The van der Waals surface area contributed by atoms with Crippen LogP contribution in [0, 0.1) is 13.8 Å². The molecule has 0 saturated carbocycles. The van der Waals surface area contributed by atoms with E-state index in [9.17, 15) is 4.79 Å². The number of aryl methyl sites for hydroxylation is 2. The minimum absolute atomic E-state index is 0.0639. The van der Waals surface area contributed by atoms with Gasteiger partial charge in [0.25, 0.3) is 5.91 Å². The minimum atomic E-state index is -0.0639. The minimum Gasteiger partial charge on any atom is -0.439 e. The summed E-state index contributed by atoms with van der Waals surface area (Å²) in [7, 11) is 1.64. The van der Waals surface area contributed by atoms with Crippen LogP contribution in [0.3, 0.4) is 0 Å². The second-order valence-corrected chi connectivity index (χ2v) is 8.12. The topological polar surface area (TPSA) is 56.6 Å². The number of amides is 1. The third-order valence-electron chi connectivity index (χ3n) is 5.56. The fourth-order valence-corrected chi connectivity index (χ4v) is 3.77. The summed E-state index contributed by atoms with van der Waals surface area (Å²) in [4.78, 5) is 15.1. The van der Waals surface area contributed by atoms with Crippen molar-refractivity contribution in [1.29, 1.82) is 0 Å². The molecule has 0 radical (unpaired) electrons. The van der Waals surface area contributed by atoms with Crippen LogP contribution >= 0.6 is 0 Å². The van der Waals surface area contributed by atoms with Gasteiger partial charge in [-0.1, -0.05) is 48.5 Å². The van der Waals surface area contributed by atoms with Crippen molar-refractivity contribution in [1.82, 2.24) is 14.7 Å². The van der Waals surface area contributed by atoms with Crippen LogP contribution in [0.5, 0.6) is 11.6 Å². The zero-order chi connectivity index (χ0) is 23.9. The molecule has 0 aliphatic heterocycles. The molecule has 0 bridgehead atoms. The molecule has 0 aliphatic rings. The number of benzene rings is 3. The van der Waals surface area contributed by atoms with E-state index in [-0.39, 0.29) is 5.91 Å². The largest absolute Gasteiger partial charge is 0.439 e. The van der Waals surface area contributed by atoms with Gasteiger partial charge in [-0.3, -0.25) is 4.79 Å². The number of methoxy groups -OCH3 is 1. The van der Waals surface area contributed by atoms with E-state index in [1.807, 2.05) is 98.8 Å². The summed E-state index contributed by atoms with van der Waals surface area (Å²) in [6, 6.07) is 27.0. The smallest absolute Gasteiger partial charge is 0.254 e. The number of para-hydroxylation sites is 1. The summed E-state index contributed by atoms with van der Waals surface area (Å²) in [6.07, 6.45) is 0. The zero-order valence-corrected chi connectivity index (χ0v) is 19.8. The summed E-state index contributed by atoms with van der Waals surface area (Å²) in [5, 5.41) is 4.79. The van der Waals surface area contributed by atoms with Gasteiger partial charge in [-0.15, -0.1) is 0 Å². The summed E-state index contributed by atoms with van der Waals surface area (Å²) >= 11 is 0. The number of hydrogen-bond donors (Lipinski definition) is 0. The lowest BCUT2D eigenvalue weighted by molar-refractivity contribution is 0.0679. The van der Waals surface area contributed by atoms with Gasteiger partial charge < -0.3 is 14.4 Å². The molecule has 34 heavy (non-hydrogen) atoms. The number of hydrogen-bond acceptors (Lipinski definition) is 4. The summed E-state index contributed by atoms with van der Waals surface area (Å²) in [6.45, 7) is 5.19. The Balaban J connectivity index is 1.75. The van der Waals surface area contributed by atoms with Crippen LogP contribution in [0.4, 0.5) is 0 Å². The number of carbonyl (C=O) groups is 1. The maximum atomic E-state index is 13.4. The molecule has 0 aliphatic carbocycles. The second-order valence-electron chi connectivity index (χ2n) is 8.12. The zero-order valence-electron chi connectivity index (χ0n) is 19.8. The van der Waals surface area contributed by atoms with Crippen LogP contribution in [0.15, 0.2) is 84.9 Å². The predicted molar refractivity (Wildman–Crippen MR) is 133 cm³/mol. The Morgan fingerprint density at radius 3 is 2.32 bits per heavy atom. The molecule has 0 unspecified atom stereocenters. The highest BCUT2D eigenvalue weighted by molar-refractivity contribution is 5.94. The van der Waals surface area contributed by atoms with Crippen molar-refractivity contribution in [3.8, 4) is 17.3 Å². The predicted octanol–water partition coefficient (Wildman–Crippen LogP) is 5.57. The highest BCUT2D eigenvalue weighted by atomic mass is 16.5. The number of rotatable bonds is 9. The monoisotopic (exact) mass is 455 g/mol. The van der Waals surface area contributed by atoms with Crippen molar-refractivity contribution in [2.24, 2.45) is 0 Å². The van der Waals surface area contributed by atoms with Gasteiger partial charge in [-0.2, -0.15) is 5.10 Å². The van der Waals surface area contributed by atoms with Crippen molar-refractivity contribution >= 4 is 5.91 Å². The van der Waals surface area contributed by atoms with E-state index in [0.717, 1.165) is 28.3 Å².